The zero-order valence-corrected chi connectivity index (χ0v) is 12.1. The lowest BCUT2D eigenvalue weighted by molar-refractivity contribution is -0.146. The molecule has 2 unspecified atom stereocenters. The third kappa shape index (κ3) is 3.81. The summed E-state index contributed by atoms with van der Waals surface area (Å²) in [6.07, 6.45) is 1.37. The summed E-state index contributed by atoms with van der Waals surface area (Å²) in [5, 5.41) is 3.38. The van der Waals surface area contributed by atoms with E-state index in [2.05, 4.69) is 5.32 Å². The maximum atomic E-state index is 13.4. The molecule has 2 rings (SSSR count). The number of carbonyl (C=O) groups excluding carboxylic acids is 1. The number of hydrogen-bond acceptors (Lipinski definition) is 3. The molecule has 1 aromatic rings. The van der Waals surface area contributed by atoms with E-state index >= 15 is 0 Å². The van der Waals surface area contributed by atoms with Crippen LogP contribution in [0.15, 0.2) is 18.2 Å². The second-order valence-electron chi connectivity index (χ2n) is 4.42. The van der Waals surface area contributed by atoms with Crippen LogP contribution in [0.3, 0.4) is 0 Å². The Balaban J connectivity index is 0.00000180. The van der Waals surface area contributed by atoms with Crippen molar-refractivity contribution < 1.29 is 13.9 Å². The van der Waals surface area contributed by atoms with Crippen LogP contribution in [-0.4, -0.2) is 19.6 Å². The molecule has 1 aromatic carbocycles. The fourth-order valence-corrected chi connectivity index (χ4v) is 2.40. The molecule has 0 aliphatic carbocycles. The summed E-state index contributed by atoms with van der Waals surface area (Å²) in [7, 11) is 1.39. The van der Waals surface area contributed by atoms with Crippen molar-refractivity contribution in [2.75, 3.05) is 13.7 Å². The molecule has 3 nitrogen and oxygen atoms in total. The number of esters is 1. The van der Waals surface area contributed by atoms with E-state index in [0.29, 0.717) is 13.0 Å². The topological polar surface area (TPSA) is 38.3 Å². The molecule has 1 aliphatic rings. The van der Waals surface area contributed by atoms with Crippen molar-refractivity contribution in [3.05, 3.63) is 34.6 Å². The molecular weight excluding hydrogens is 292 g/mol. The van der Waals surface area contributed by atoms with Gasteiger partial charge in [-0.25, -0.2) is 4.39 Å². The van der Waals surface area contributed by atoms with Crippen LogP contribution < -0.4 is 5.32 Å². The van der Waals surface area contributed by atoms with E-state index in [9.17, 15) is 9.18 Å². The lowest BCUT2D eigenvalue weighted by Gasteiger charge is -2.29. The van der Waals surface area contributed by atoms with Gasteiger partial charge < -0.3 is 10.1 Å². The summed E-state index contributed by atoms with van der Waals surface area (Å²) < 4.78 is 18.2. The number of benzene rings is 1. The summed E-state index contributed by atoms with van der Waals surface area (Å²) in [6.45, 7) is 0.717. The fraction of sp³-hybridized carbons (Fsp3) is 0.462. The quantitative estimate of drug-likeness (QED) is 0.853. The molecule has 6 heteroatoms. The van der Waals surface area contributed by atoms with E-state index < -0.39 is 5.82 Å². The van der Waals surface area contributed by atoms with Gasteiger partial charge in [0.05, 0.1) is 18.1 Å². The SMILES string of the molecule is COC(=O)C1CCNC(c2ccc(Cl)c(F)c2)C1.Cl. The van der Waals surface area contributed by atoms with Gasteiger partial charge in [-0.1, -0.05) is 17.7 Å². The van der Waals surface area contributed by atoms with Gasteiger partial charge in [0.25, 0.3) is 0 Å². The van der Waals surface area contributed by atoms with Crippen molar-refractivity contribution >= 4 is 30.0 Å². The average Bonchev–Trinajstić information content (AvgIpc) is 2.41. The number of halogens is 3. The summed E-state index contributed by atoms with van der Waals surface area (Å²) >= 11 is 5.65. The summed E-state index contributed by atoms with van der Waals surface area (Å²) in [5.74, 6) is -0.757. The number of methoxy groups -OCH3 is 1. The molecule has 19 heavy (non-hydrogen) atoms. The van der Waals surface area contributed by atoms with Crippen molar-refractivity contribution in [1.29, 1.82) is 0 Å². The standard InChI is InChI=1S/C13H15ClFNO2.ClH/c1-18-13(17)9-4-5-16-12(7-9)8-2-3-10(14)11(15)6-8;/h2-3,6,9,12,16H,4-5,7H2,1H3;1H. The Morgan fingerprint density at radius 2 is 2.26 bits per heavy atom. The number of ether oxygens (including phenoxy) is 1. The number of rotatable bonds is 2. The Morgan fingerprint density at radius 1 is 1.53 bits per heavy atom. The second kappa shape index (κ2) is 7.08. The molecule has 0 aromatic heterocycles. The van der Waals surface area contributed by atoms with E-state index in [1.54, 1.807) is 6.07 Å². The van der Waals surface area contributed by atoms with E-state index in [4.69, 9.17) is 16.3 Å². The van der Waals surface area contributed by atoms with Crippen LogP contribution in [0.5, 0.6) is 0 Å². The van der Waals surface area contributed by atoms with Gasteiger partial charge in [0.15, 0.2) is 0 Å². The highest BCUT2D eigenvalue weighted by molar-refractivity contribution is 6.30. The van der Waals surface area contributed by atoms with Crippen LogP contribution in [0.25, 0.3) is 0 Å². The van der Waals surface area contributed by atoms with Crippen LogP contribution in [0.4, 0.5) is 4.39 Å². The van der Waals surface area contributed by atoms with E-state index in [-0.39, 0.29) is 35.4 Å². The highest BCUT2D eigenvalue weighted by Gasteiger charge is 2.28. The molecule has 2 atom stereocenters. The second-order valence-corrected chi connectivity index (χ2v) is 4.83. The Kier molecular flexibility index (Phi) is 6.04. The van der Waals surface area contributed by atoms with Crippen LogP contribution >= 0.6 is 24.0 Å². The number of piperidine rings is 1. The Bertz CT molecular complexity index is 456. The van der Waals surface area contributed by atoms with Crippen LogP contribution in [0.2, 0.25) is 5.02 Å². The lowest BCUT2D eigenvalue weighted by atomic mass is 9.89. The Morgan fingerprint density at radius 3 is 2.89 bits per heavy atom. The van der Waals surface area contributed by atoms with Gasteiger partial charge in [-0.3, -0.25) is 4.79 Å². The van der Waals surface area contributed by atoms with Gasteiger partial charge in [0, 0.05) is 6.04 Å². The lowest BCUT2D eigenvalue weighted by Crippen LogP contribution is -2.35. The van der Waals surface area contributed by atoms with E-state index in [0.717, 1.165) is 12.0 Å². The summed E-state index contributed by atoms with van der Waals surface area (Å²) in [6, 6.07) is 4.70. The summed E-state index contributed by atoms with van der Waals surface area (Å²) in [5.41, 5.74) is 0.811. The van der Waals surface area contributed by atoms with Gasteiger partial charge in [-0.05, 0) is 37.1 Å². The zero-order valence-electron chi connectivity index (χ0n) is 10.5. The van der Waals surface area contributed by atoms with Gasteiger partial charge in [0.1, 0.15) is 5.82 Å². The van der Waals surface area contributed by atoms with Crippen molar-refractivity contribution in [3.63, 3.8) is 0 Å². The maximum Gasteiger partial charge on any atom is 0.308 e. The van der Waals surface area contributed by atoms with Gasteiger partial charge in [0.2, 0.25) is 0 Å². The van der Waals surface area contributed by atoms with Gasteiger partial charge in [-0.15, -0.1) is 12.4 Å². The monoisotopic (exact) mass is 307 g/mol. The minimum absolute atomic E-state index is 0. The van der Waals surface area contributed by atoms with Crippen molar-refractivity contribution in [2.45, 2.75) is 18.9 Å². The first-order chi connectivity index (χ1) is 8.61. The van der Waals surface area contributed by atoms with Crippen molar-refractivity contribution in [1.82, 2.24) is 5.32 Å². The third-order valence-electron chi connectivity index (χ3n) is 3.28. The normalized spacial score (nSPS) is 22.5. The summed E-state index contributed by atoms with van der Waals surface area (Å²) in [4.78, 5) is 11.5. The van der Waals surface area contributed by atoms with Crippen molar-refractivity contribution in [2.24, 2.45) is 5.92 Å². The molecule has 1 N–H and O–H groups in total. The molecule has 0 spiro atoms. The smallest absolute Gasteiger partial charge is 0.308 e. The van der Waals surface area contributed by atoms with Gasteiger partial charge >= 0.3 is 5.97 Å². The predicted molar refractivity (Wildman–Crippen MR) is 74.1 cm³/mol. The van der Waals surface area contributed by atoms with E-state index in [1.807, 2.05) is 0 Å². The molecule has 0 radical (unpaired) electrons. The first-order valence-electron chi connectivity index (χ1n) is 5.88. The number of nitrogens with one attached hydrogen (secondary N) is 1. The minimum atomic E-state index is -0.434. The molecule has 106 valence electrons. The first kappa shape index (κ1) is 16.2. The third-order valence-corrected chi connectivity index (χ3v) is 3.59. The van der Waals surface area contributed by atoms with Crippen LogP contribution in [0, 0.1) is 11.7 Å². The first-order valence-corrected chi connectivity index (χ1v) is 6.25. The van der Waals surface area contributed by atoms with Crippen LogP contribution in [-0.2, 0) is 9.53 Å². The van der Waals surface area contributed by atoms with Gasteiger partial charge in [-0.2, -0.15) is 0 Å². The molecule has 1 heterocycles. The molecule has 0 saturated carbocycles. The molecule has 0 bridgehead atoms. The highest BCUT2D eigenvalue weighted by atomic mass is 35.5. The van der Waals surface area contributed by atoms with E-state index in [1.165, 1.54) is 19.2 Å². The predicted octanol–water partition coefficient (Wildman–Crippen LogP) is 3.11. The highest BCUT2D eigenvalue weighted by Crippen LogP contribution is 2.29. The molecular formula is C13H16Cl2FNO2. The minimum Gasteiger partial charge on any atom is -0.469 e. The van der Waals surface area contributed by atoms with Crippen LogP contribution in [0.1, 0.15) is 24.4 Å². The molecule has 1 aliphatic heterocycles. The Hall–Kier alpha value is -0.840. The molecule has 1 fully saturated rings. The van der Waals surface area contributed by atoms with Crippen molar-refractivity contribution in [3.8, 4) is 0 Å². The number of hydrogen-bond donors (Lipinski definition) is 1. The molecule has 1 saturated heterocycles. The zero-order chi connectivity index (χ0) is 13.1. The molecule has 0 amide bonds. The maximum absolute atomic E-state index is 13.4. The largest absolute Gasteiger partial charge is 0.469 e. The number of carbonyl (C=O) groups is 1. The fourth-order valence-electron chi connectivity index (χ4n) is 2.28. The average molecular weight is 308 g/mol. The Labute approximate surface area is 122 Å².